The number of hydrogen-bond donors (Lipinski definition) is 0. The molecule has 0 amide bonds. The molecule has 0 aliphatic carbocycles. The Balaban J connectivity index is 1.25. The second-order valence-corrected chi connectivity index (χ2v) is 12.4. The minimum absolute atomic E-state index is 0.688. The van der Waals surface area contributed by atoms with E-state index >= 15 is 0 Å². The summed E-state index contributed by atoms with van der Waals surface area (Å²) in [4.78, 5) is 15.7. The molecule has 0 spiro atoms. The van der Waals surface area contributed by atoms with Gasteiger partial charge in [-0.25, -0.2) is 15.0 Å². The fourth-order valence-corrected chi connectivity index (χ4v) is 7.14. The van der Waals surface area contributed by atoms with Crippen molar-refractivity contribution in [2.24, 2.45) is 0 Å². The third kappa shape index (κ3) is 4.49. The third-order valence-electron chi connectivity index (χ3n) is 9.45. The molecule has 228 valence electrons. The van der Waals surface area contributed by atoms with Gasteiger partial charge in [-0.3, -0.25) is 0 Å². The van der Waals surface area contributed by atoms with Crippen LogP contribution in [0.3, 0.4) is 0 Å². The fraction of sp³-hybridized carbons (Fsp3) is 0. The molecule has 0 N–H and O–H groups in total. The molecule has 0 bridgehead atoms. The lowest BCUT2D eigenvalue weighted by Crippen LogP contribution is -1.97. The maximum atomic E-state index is 6.62. The van der Waals surface area contributed by atoms with Gasteiger partial charge in [0.05, 0.1) is 28.0 Å². The molecule has 3 aromatic heterocycles. The van der Waals surface area contributed by atoms with Gasteiger partial charge in [-0.2, -0.15) is 0 Å². The van der Waals surface area contributed by atoms with E-state index in [4.69, 9.17) is 19.4 Å². The summed E-state index contributed by atoms with van der Waals surface area (Å²) in [7, 11) is 0. The summed E-state index contributed by atoms with van der Waals surface area (Å²) in [6, 6.07) is 56.6. The lowest BCUT2D eigenvalue weighted by molar-refractivity contribution is 0.672. The standard InChI is InChI=1S/C45H27N3O/c1-3-13-28(14-4-1)39-27-40(48-45(47-39)36-25-30-17-7-8-18-32(30)33-19-9-10-20-34(33)36)31-23-24-41-37(26-31)42-43(29-15-5-2-6-16-29)46-38-22-12-11-21-35(38)44(42)49-41/h1-27H. The highest BCUT2D eigenvalue weighted by Gasteiger charge is 2.20. The Morgan fingerprint density at radius 2 is 1.04 bits per heavy atom. The molecule has 4 nitrogen and oxygen atoms in total. The number of rotatable bonds is 4. The summed E-state index contributed by atoms with van der Waals surface area (Å²) in [6.07, 6.45) is 0. The van der Waals surface area contributed by atoms with Crippen LogP contribution >= 0.6 is 0 Å². The number of para-hydroxylation sites is 1. The summed E-state index contributed by atoms with van der Waals surface area (Å²) < 4.78 is 6.62. The predicted octanol–water partition coefficient (Wildman–Crippen LogP) is 11.9. The van der Waals surface area contributed by atoms with Crippen LogP contribution in [0.15, 0.2) is 168 Å². The summed E-state index contributed by atoms with van der Waals surface area (Å²) in [6.45, 7) is 0. The number of nitrogens with zero attached hydrogens (tertiary/aromatic N) is 3. The Morgan fingerprint density at radius 3 is 1.84 bits per heavy atom. The first kappa shape index (κ1) is 27.5. The molecule has 0 radical (unpaired) electrons. The first-order chi connectivity index (χ1) is 24.3. The van der Waals surface area contributed by atoms with Crippen molar-refractivity contribution in [2.45, 2.75) is 0 Å². The van der Waals surface area contributed by atoms with Crippen molar-refractivity contribution in [1.82, 2.24) is 15.0 Å². The highest BCUT2D eigenvalue weighted by molar-refractivity contribution is 6.20. The number of aromatic nitrogens is 3. The van der Waals surface area contributed by atoms with Gasteiger partial charge >= 0.3 is 0 Å². The zero-order valence-electron chi connectivity index (χ0n) is 26.3. The van der Waals surface area contributed by atoms with Crippen molar-refractivity contribution in [3.63, 3.8) is 0 Å². The van der Waals surface area contributed by atoms with Crippen molar-refractivity contribution in [3.05, 3.63) is 164 Å². The Bertz CT molecular complexity index is 2880. The van der Waals surface area contributed by atoms with Crippen LogP contribution in [-0.4, -0.2) is 15.0 Å². The maximum absolute atomic E-state index is 6.62. The second-order valence-electron chi connectivity index (χ2n) is 12.4. The van der Waals surface area contributed by atoms with Crippen LogP contribution in [0.25, 0.3) is 99.5 Å². The summed E-state index contributed by atoms with van der Waals surface area (Å²) in [5, 5.41) is 7.68. The predicted molar refractivity (Wildman–Crippen MR) is 201 cm³/mol. The van der Waals surface area contributed by atoms with Gasteiger partial charge in [-0.1, -0.05) is 121 Å². The first-order valence-electron chi connectivity index (χ1n) is 16.4. The van der Waals surface area contributed by atoms with Crippen LogP contribution in [0.2, 0.25) is 0 Å². The quantitative estimate of drug-likeness (QED) is 0.183. The normalized spacial score (nSPS) is 11.7. The van der Waals surface area contributed by atoms with Crippen LogP contribution in [-0.2, 0) is 0 Å². The molecule has 10 rings (SSSR count). The fourth-order valence-electron chi connectivity index (χ4n) is 7.14. The average molecular weight is 626 g/mol. The zero-order valence-corrected chi connectivity index (χ0v) is 26.3. The topological polar surface area (TPSA) is 51.8 Å². The van der Waals surface area contributed by atoms with Gasteiger partial charge in [-0.15, -0.1) is 0 Å². The van der Waals surface area contributed by atoms with Gasteiger partial charge < -0.3 is 4.42 Å². The molecule has 0 aliphatic rings. The summed E-state index contributed by atoms with van der Waals surface area (Å²) in [5.74, 6) is 0.688. The molecule has 7 aromatic carbocycles. The van der Waals surface area contributed by atoms with E-state index in [9.17, 15) is 0 Å². The minimum atomic E-state index is 0.688. The maximum Gasteiger partial charge on any atom is 0.161 e. The van der Waals surface area contributed by atoms with Gasteiger partial charge in [-0.05, 0) is 64.0 Å². The Kier molecular flexibility index (Phi) is 6.15. The van der Waals surface area contributed by atoms with E-state index in [0.29, 0.717) is 5.82 Å². The molecule has 3 heterocycles. The lowest BCUT2D eigenvalue weighted by Gasteiger charge is -2.13. The van der Waals surface area contributed by atoms with Crippen LogP contribution in [0.1, 0.15) is 0 Å². The van der Waals surface area contributed by atoms with Crippen LogP contribution in [0.4, 0.5) is 0 Å². The van der Waals surface area contributed by atoms with E-state index in [1.165, 1.54) is 10.8 Å². The molecule has 0 atom stereocenters. The molecule has 0 unspecified atom stereocenters. The number of hydrogen-bond acceptors (Lipinski definition) is 4. The zero-order chi connectivity index (χ0) is 32.3. The Morgan fingerprint density at radius 1 is 0.408 bits per heavy atom. The monoisotopic (exact) mass is 625 g/mol. The third-order valence-corrected chi connectivity index (χ3v) is 9.45. The largest absolute Gasteiger partial charge is 0.455 e. The van der Waals surface area contributed by atoms with Crippen molar-refractivity contribution in [2.75, 3.05) is 0 Å². The van der Waals surface area contributed by atoms with Gasteiger partial charge in [0.15, 0.2) is 5.82 Å². The van der Waals surface area contributed by atoms with Crippen LogP contribution < -0.4 is 0 Å². The molecule has 4 heteroatoms. The smallest absolute Gasteiger partial charge is 0.161 e. The number of furan rings is 1. The van der Waals surface area contributed by atoms with E-state index < -0.39 is 0 Å². The lowest BCUT2D eigenvalue weighted by atomic mass is 9.96. The van der Waals surface area contributed by atoms with E-state index in [1.807, 2.05) is 42.5 Å². The first-order valence-corrected chi connectivity index (χ1v) is 16.4. The number of fused-ring (bicyclic) bond motifs is 8. The molecule has 0 fully saturated rings. The van der Waals surface area contributed by atoms with Crippen molar-refractivity contribution < 1.29 is 4.42 Å². The Hall–Kier alpha value is -6.65. The van der Waals surface area contributed by atoms with Gasteiger partial charge in [0.2, 0.25) is 0 Å². The van der Waals surface area contributed by atoms with Crippen LogP contribution in [0.5, 0.6) is 0 Å². The van der Waals surface area contributed by atoms with E-state index in [2.05, 4.69) is 121 Å². The summed E-state index contributed by atoms with van der Waals surface area (Å²) in [5.41, 5.74) is 9.24. The molecular formula is C45H27N3O. The van der Waals surface area contributed by atoms with Gasteiger partial charge in [0.1, 0.15) is 11.2 Å². The van der Waals surface area contributed by atoms with E-state index in [-0.39, 0.29) is 0 Å². The molecule has 0 aliphatic heterocycles. The van der Waals surface area contributed by atoms with Gasteiger partial charge in [0, 0.05) is 33.0 Å². The van der Waals surface area contributed by atoms with Gasteiger partial charge in [0.25, 0.3) is 0 Å². The minimum Gasteiger partial charge on any atom is -0.455 e. The SMILES string of the molecule is c1ccc(-c2cc(-c3ccc4oc5c6ccccc6nc(-c6ccccc6)c5c4c3)nc(-c3cc4ccccc4c4ccccc34)n2)cc1. The van der Waals surface area contributed by atoms with Crippen molar-refractivity contribution in [3.8, 4) is 45.2 Å². The number of benzene rings is 7. The molecule has 0 saturated carbocycles. The highest BCUT2D eigenvalue weighted by atomic mass is 16.3. The molecular weight excluding hydrogens is 599 g/mol. The summed E-state index contributed by atoms with van der Waals surface area (Å²) >= 11 is 0. The van der Waals surface area contributed by atoms with E-state index in [1.54, 1.807) is 0 Å². The molecule has 10 aromatic rings. The molecule has 0 saturated heterocycles. The van der Waals surface area contributed by atoms with Crippen molar-refractivity contribution >= 4 is 54.4 Å². The molecule has 49 heavy (non-hydrogen) atoms. The Labute approximate surface area is 282 Å². The van der Waals surface area contributed by atoms with Crippen molar-refractivity contribution in [1.29, 1.82) is 0 Å². The average Bonchev–Trinajstić information content (AvgIpc) is 3.57. The number of pyridine rings is 1. The highest BCUT2D eigenvalue weighted by Crippen LogP contribution is 2.41. The second kappa shape index (κ2) is 11.0. The van der Waals surface area contributed by atoms with E-state index in [0.717, 1.165) is 82.9 Å². The van der Waals surface area contributed by atoms with Crippen LogP contribution in [0, 0.1) is 0 Å².